The Kier molecular flexibility index (Phi) is 3.91. The van der Waals surface area contributed by atoms with E-state index in [2.05, 4.69) is 33.9 Å². The lowest BCUT2D eigenvalue weighted by Crippen LogP contribution is -2.36. The van der Waals surface area contributed by atoms with Crippen molar-refractivity contribution in [3.8, 4) is 0 Å². The molecule has 2 nitrogen and oxygen atoms in total. The molecule has 13 heavy (non-hydrogen) atoms. The van der Waals surface area contributed by atoms with Crippen LogP contribution in [0, 0.1) is 0 Å². The zero-order valence-corrected chi connectivity index (χ0v) is 10.2. The Morgan fingerprint density at radius 2 is 1.85 bits per heavy atom. The summed E-state index contributed by atoms with van der Waals surface area (Å²) in [6.07, 6.45) is 3.04. The number of allylic oxidation sites excluding steroid dienone is 1. The summed E-state index contributed by atoms with van der Waals surface area (Å²) < 4.78 is 0. The first-order chi connectivity index (χ1) is 5.67. The standard InChI is InChI=1S/C10H20O2Si/c1-10(2,3)13(4,5)8-6-7-9(11)12/h6-7H,8H2,1-5H3,(H,11,12)/b7-6+. The number of carboxylic acid groups (broad SMARTS) is 1. The molecule has 0 unspecified atom stereocenters. The second-order valence-corrected chi connectivity index (χ2v) is 10.8. The van der Waals surface area contributed by atoms with Crippen LogP contribution in [0.15, 0.2) is 12.2 Å². The molecular weight excluding hydrogens is 180 g/mol. The van der Waals surface area contributed by atoms with Crippen LogP contribution in [-0.4, -0.2) is 19.1 Å². The Bertz CT molecular complexity index is 211. The summed E-state index contributed by atoms with van der Waals surface area (Å²) in [4.78, 5) is 10.3. The second-order valence-electron chi connectivity index (χ2n) is 5.08. The number of carbonyl (C=O) groups is 1. The van der Waals surface area contributed by atoms with Crippen LogP contribution in [0.25, 0.3) is 0 Å². The number of carboxylic acids is 1. The van der Waals surface area contributed by atoms with Gasteiger partial charge in [-0.15, -0.1) is 0 Å². The minimum absolute atomic E-state index is 0.329. The molecule has 0 radical (unpaired) electrons. The van der Waals surface area contributed by atoms with Gasteiger partial charge in [-0.1, -0.05) is 39.9 Å². The van der Waals surface area contributed by atoms with Crippen LogP contribution < -0.4 is 0 Å². The van der Waals surface area contributed by atoms with E-state index in [-0.39, 0.29) is 0 Å². The number of hydrogen-bond donors (Lipinski definition) is 1. The number of aliphatic carboxylic acids is 1. The highest BCUT2D eigenvalue weighted by Crippen LogP contribution is 2.38. The largest absolute Gasteiger partial charge is 0.478 e. The van der Waals surface area contributed by atoms with Crippen molar-refractivity contribution in [3.05, 3.63) is 12.2 Å². The van der Waals surface area contributed by atoms with Crippen molar-refractivity contribution in [1.82, 2.24) is 0 Å². The molecule has 76 valence electrons. The molecule has 3 heteroatoms. The predicted molar refractivity (Wildman–Crippen MR) is 58.8 cm³/mol. The van der Waals surface area contributed by atoms with Crippen molar-refractivity contribution < 1.29 is 9.90 Å². The Labute approximate surface area is 81.7 Å². The molecule has 0 atom stereocenters. The molecule has 0 fully saturated rings. The Morgan fingerprint density at radius 1 is 1.38 bits per heavy atom. The van der Waals surface area contributed by atoms with Crippen LogP contribution >= 0.6 is 0 Å². The maximum absolute atomic E-state index is 10.3. The molecule has 0 saturated carbocycles. The van der Waals surface area contributed by atoms with Crippen LogP contribution in [-0.2, 0) is 4.79 Å². The number of hydrogen-bond acceptors (Lipinski definition) is 1. The molecular formula is C10H20O2Si. The molecule has 0 spiro atoms. The molecule has 0 aliphatic carbocycles. The van der Waals surface area contributed by atoms with E-state index in [0.717, 1.165) is 6.04 Å². The number of rotatable bonds is 3. The van der Waals surface area contributed by atoms with E-state index in [1.807, 2.05) is 0 Å². The van der Waals surface area contributed by atoms with Gasteiger partial charge in [-0.25, -0.2) is 4.79 Å². The van der Waals surface area contributed by atoms with Crippen molar-refractivity contribution in [2.24, 2.45) is 0 Å². The smallest absolute Gasteiger partial charge is 0.327 e. The topological polar surface area (TPSA) is 37.3 Å². The quantitative estimate of drug-likeness (QED) is 0.561. The van der Waals surface area contributed by atoms with Crippen molar-refractivity contribution in [1.29, 1.82) is 0 Å². The fourth-order valence-corrected chi connectivity index (χ4v) is 2.08. The molecule has 0 bridgehead atoms. The molecule has 0 saturated heterocycles. The summed E-state index contributed by atoms with van der Waals surface area (Å²) in [5.41, 5.74) is 0. The summed E-state index contributed by atoms with van der Waals surface area (Å²) in [6.45, 7) is 11.3. The van der Waals surface area contributed by atoms with Crippen molar-refractivity contribution in [2.75, 3.05) is 0 Å². The molecule has 0 heterocycles. The Hall–Kier alpha value is -0.573. The summed E-state index contributed by atoms with van der Waals surface area (Å²) in [5, 5.41) is 8.77. The molecule has 0 amide bonds. The maximum atomic E-state index is 10.3. The van der Waals surface area contributed by atoms with Crippen LogP contribution in [0.5, 0.6) is 0 Å². The summed E-state index contributed by atoms with van der Waals surface area (Å²) >= 11 is 0. The second kappa shape index (κ2) is 4.09. The van der Waals surface area contributed by atoms with Gasteiger partial charge in [0.15, 0.2) is 0 Å². The highest BCUT2D eigenvalue weighted by molar-refractivity contribution is 6.80. The third-order valence-electron chi connectivity index (χ3n) is 2.92. The van der Waals surface area contributed by atoms with E-state index in [4.69, 9.17) is 5.11 Å². The van der Waals surface area contributed by atoms with E-state index in [1.165, 1.54) is 6.08 Å². The average Bonchev–Trinajstić information content (AvgIpc) is 1.82. The van der Waals surface area contributed by atoms with Gasteiger partial charge in [0.05, 0.1) is 8.07 Å². The van der Waals surface area contributed by atoms with Gasteiger partial charge in [0.25, 0.3) is 0 Å². The van der Waals surface area contributed by atoms with Gasteiger partial charge >= 0.3 is 5.97 Å². The normalized spacial score (nSPS) is 13.6. The van der Waals surface area contributed by atoms with Crippen LogP contribution in [0.3, 0.4) is 0 Å². The fraction of sp³-hybridized carbons (Fsp3) is 0.700. The minimum atomic E-state index is -1.32. The molecule has 0 rings (SSSR count). The lowest BCUT2D eigenvalue weighted by Gasteiger charge is -2.36. The van der Waals surface area contributed by atoms with Crippen LogP contribution in [0.4, 0.5) is 0 Å². The van der Waals surface area contributed by atoms with Crippen molar-refractivity contribution in [3.63, 3.8) is 0 Å². The van der Waals surface area contributed by atoms with E-state index in [9.17, 15) is 4.79 Å². The molecule has 0 aromatic rings. The highest BCUT2D eigenvalue weighted by Gasteiger charge is 2.33. The summed E-state index contributed by atoms with van der Waals surface area (Å²) in [5.74, 6) is -0.848. The molecule has 0 aliphatic heterocycles. The first-order valence-corrected chi connectivity index (χ1v) is 7.77. The van der Waals surface area contributed by atoms with Gasteiger partial charge < -0.3 is 5.11 Å². The maximum Gasteiger partial charge on any atom is 0.327 e. The molecule has 0 aromatic carbocycles. The lowest BCUT2D eigenvalue weighted by molar-refractivity contribution is -0.131. The zero-order valence-electron chi connectivity index (χ0n) is 9.22. The molecule has 0 aliphatic rings. The molecule has 1 N–H and O–H groups in total. The summed E-state index contributed by atoms with van der Waals surface area (Å²) in [6, 6.07) is 0.933. The minimum Gasteiger partial charge on any atom is -0.478 e. The third-order valence-corrected chi connectivity index (χ3v) is 8.24. The van der Waals surface area contributed by atoms with Crippen LogP contribution in [0.2, 0.25) is 24.2 Å². The first-order valence-electron chi connectivity index (χ1n) is 4.56. The van der Waals surface area contributed by atoms with Gasteiger partial charge in [-0.2, -0.15) is 0 Å². The Morgan fingerprint density at radius 3 is 2.15 bits per heavy atom. The lowest BCUT2D eigenvalue weighted by atomic mass is 10.2. The first kappa shape index (κ1) is 12.4. The monoisotopic (exact) mass is 200 g/mol. The Balaban J connectivity index is 4.27. The van der Waals surface area contributed by atoms with E-state index in [0.29, 0.717) is 5.04 Å². The third kappa shape index (κ3) is 4.27. The van der Waals surface area contributed by atoms with Crippen molar-refractivity contribution >= 4 is 14.0 Å². The van der Waals surface area contributed by atoms with Gasteiger partial charge in [-0.05, 0) is 11.1 Å². The SMILES string of the molecule is CC(C)(C)[Si](C)(C)C/C=C/C(=O)O. The fourth-order valence-electron chi connectivity index (χ4n) is 0.761. The van der Waals surface area contributed by atoms with Gasteiger partial charge in [-0.3, -0.25) is 0 Å². The van der Waals surface area contributed by atoms with Crippen molar-refractivity contribution in [2.45, 2.75) is 44.9 Å². The van der Waals surface area contributed by atoms with Gasteiger partial charge in [0.2, 0.25) is 0 Å². The van der Waals surface area contributed by atoms with Gasteiger partial charge in [0, 0.05) is 6.08 Å². The van der Waals surface area contributed by atoms with Gasteiger partial charge in [0.1, 0.15) is 0 Å². The highest BCUT2D eigenvalue weighted by atomic mass is 28.3. The van der Waals surface area contributed by atoms with E-state index in [1.54, 1.807) is 6.08 Å². The zero-order chi connectivity index (χ0) is 10.7. The molecule has 0 aromatic heterocycles. The average molecular weight is 200 g/mol. The van der Waals surface area contributed by atoms with E-state index >= 15 is 0 Å². The van der Waals surface area contributed by atoms with Crippen LogP contribution in [0.1, 0.15) is 20.8 Å². The van der Waals surface area contributed by atoms with E-state index < -0.39 is 14.0 Å². The summed E-state index contributed by atoms with van der Waals surface area (Å²) in [7, 11) is -1.32. The predicted octanol–water partition coefficient (Wildman–Crippen LogP) is 3.14.